The fraction of sp³-hybridized carbons (Fsp3) is 0.455. The maximum atomic E-state index is 10.6. The molecule has 15 heavy (non-hydrogen) atoms. The molecule has 1 heterocycles. The smallest absolute Gasteiger partial charge is 0.269 e. The van der Waals surface area contributed by atoms with Gasteiger partial charge in [0, 0.05) is 12.1 Å². The van der Waals surface area contributed by atoms with Crippen molar-refractivity contribution >= 4 is 5.69 Å². The molecule has 1 aromatic carbocycles. The number of hydrogen-bond acceptors (Lipinski definition) is 3. The highest BCUT2D eigenvalue weighted by Gasteiger charge is 2.42. The molecule has 2 atom stereocenters. The van der Waals surface area contributed by atoms with Crippen molar-refractivity contribution in [2.24, 2.45) is 0 Å². The molecular formula is C11H11NO3. The van der Waals surface area contributed by atoms with Crippen molar-refractivity contribution in [3.63, 3.8) is 0 Å². The molecule has 0 aromatic heterocycles. The number of fused-ring (bicyclic) bond motifs is 3. The molecular weight excluding hydrogens is 194 g/mol. The predicted octanol–water partition coefficient (Wildman–Crippen LogP) is 2.37. The molecule has 1 aliphatic heterocycles. The van der Waals surface area contributed by atoms with Crippen LogP contribution in [-0.2, 0) is 11.2 Å². The molecule has 0 amide bonds. The van der Waals surface area contributed by atoms with E-state index in [9.17, 15) is 10.1 Å². The number of epoxide rings is 1. The van der Waals surface area contributed by atoms with Gasteiger partial charge in [-0.15, -0.1) is 0 Å². The molecule has 3 rings (SSSR count). The summed E-state index contributed by atoms with van der Waals surface area (Å²) in [4.78, 5) is 10.3. The third kappa shape index (κ3) is 1.41. The van der Waals surface area contributed by atoms with E-state index in [2.05, 4.69) is 0 Å². The van der Waals surface area contributed by atoms with Crippen molar-refractivity contribution in [3.05, 3.63) is 39.4 Å². The van der Waals surface area contributed by atoms with Crippen molar-refractivity contribution in [3.8, 4) is 0 Å². The Labute approximate surface area is 87.0 Å². The molecule has 1 aliphatic carbocycles. The Morgan fingerprint density at radius 2 is 2.33 bits per heavy atom. The van der Waals surface area contributed by atoms with Crippen LogP contribution in [0.3, 0.4) is 0 Å². The van der Waals surface area contributed by atoms with E-state index in [4.69, 9.17) is 4.74 Å². The summed E-state index contributed by atoms with van der Waals surface area (Å²) in [5.41, 5.74) is 2.44. The first-order chi connectivity index (χ1) is 7.25. The van der Waals surface area contributed by atoms with E-state index in [-0.39, 0.29) is 16.7 Å². The van der Waals surface area contributed by atoms with E-state index in [0.29, 0.717) is 6.10 Å². The summed E-state index contributed by atoms with van der Waals surface area (Å²) >= 11 is 0. The molecule has 4 heteroatoms. The lowest BCUT2D eigenvalue weighted by Crippen LogP contribution is -1.95. The molecule has 78 valence electrons. The normalized spacial score (nSPS) is 27.5. The molecule has 0 saturated carbocycles. The third-order valence-electron chi connectivity index (χ3n) is 3.16. The quantitative estimate of drug-likeness (QED) is 0.401. The molecule has 1 saturated heterocycles. The van der Waals surface area contributed by atoms with Gasteiger partial charge in [-0.3, -0.25) is 10.1 Å². The van der Waals surface area contributed by atoms with E-state index in [1.54, 1.807) is 12.1 Å². The molecule has 0 radical (unpaired) electrons. The molecule has 4 nitrogen and oxygen atoms in total. The summed E-state index contributed by atoms with van der Waals surface area (Å²) in [5.74, 6) is 0. The van der Waals surface area contributed by atoms with Gasteiger partial charge in [-0.2, -0.15) is 0 Å². The van der Waals surface area contributed by atoms with Gasteiger partial charge >= 0.3 is 0 Å². The second-order valence-electron chi connectivity index (χ2n) is 4.13. The lowest BCUT2D eigenvalue weighted by molar-refractivity contribution is -0.384. The molecule has 0 unspecified atom stereocenters. The number of hydrogen-bond donors (Lipinski definition) is 0. The number of rotatable bonds is 1. The SMILES string of the molecule is O=[N+]([O-])c1ccc2c(c1)CCC[C@@H]1O[C@H]21. The average Bonchev–Trinajstić information content (AvgIpc) is 2.95. The van der Waals surface area contributed by atoms with Gasteiger partial charge < -0.3 is 4.74 Å². The van der Waals surface area contributed by atoms with E-state index >= 15 is 0 Å². The van der Waals surface area contributed by atoms with Crippen LogP contribution in [0.2, 0.25) is 0 Å². The minimum Gasteiger partial charge on any atom is -0.364 e. The zero-order chi connectivity index (χ0) is 10.4. The van der Waals surface area contributed by atoms with Crippen molar-refractivity contribution < 1.29 is 9.66 Å². The van der Waals surface area contributed by atoms with E-state index in [0.717, 1.165) is 30.4 Å². The molecule has 1 aromatic rings. The van der Waals surface area contributed by atoms with E-state index in [1.165, 1.54) is 0 Å². The second kappa shape index (κ2) is 3.03. The van der Waals surface area contributed by atoms with E-state index < -0.39 is 0 Å². The van der Waals surface area contributed by atoms with Crippen molar-refractivity contribution in [2.75, 3.05) is 0 Å². The maximum absolute atomic E-state index is 10.6. The third-order valence-corrected chi connectivity index (χ3v) is 3.16. The van der Waals surface area contributed by atoms with Crippen LogP contribution in [0.15, 0.2) is 18.2 Å². The number of nitrogens with zero attached hydrogens (tertiary/aromatic N) is 1. The predicted molar refractivity (Wildman–Crippen MR) is 53.6 cm³/mol. The minimum absolute atomic E-state index is 0.188. The summed E-state index contributed by atoms with van der Waals surface area (Å²) in [6.07, 6.45) is 3.66. The van der Waals surface area contributed by atoms with Gasteiger partial charge in [0.15, 0.2) is 0 Å². The molecule has 1 fully saturated rings. The largest absolute Gasteiger partial charge is 0.364 e. The van der Waals surface area contributed by atoms with Crippen LogP contribution in [0.1, 0.15) is 30.1 Å². The van der Waals surface area contributed by atoms with Gasteiger partial charge in [0.1, 0.15) is 6.10 Å². The van der Waals surface area contributed by atoms with Crippen LogP contribution in [-0.4, -0.2) is 11.0 Å². The van der Waals surface area contributed by atoms with Crippen LogP contribution >= 0.6 is 0 Å². The molecule has 0 bridgehead atoms. The fourth-order valence-electron chi connectivity index (χ4n) is 2.33. The molecule has 2 aliphatic rings. The van der Waals surface area contributed by atoms with Crippen LogP contribution in [0.5, 0.6) is 0 Å². The van der Waals surface area contributed by atoms with Crippen molar-refractivity contribution in [2.45, 2.75) is 31.5 Å². The lowest BCUT2D eigenvalue weighted by atomic mass is 10.0. The summed E-state index contributed by atoms with van der Waals surface area (Å²) in [7, 11) is 0. The summed E-state index contributed by atoms with van der Waals surface area (Å²) < 4.78 is 5.51. The van der Waals surface area contributed by atoms with E-state index in [1.807, 2.05) is 6.07 Å². The number of nitro benzene ring substituents is 1. The zero-order valence-electron chi connectivity index (χ0n) is 8.18. The molecule has 0 N–H and O–H groups in total. The Morgan fingerprint density at radius 3 is 3.13 bits per heavy atom. The Bertz CT molecular complexity index is 430. The van der Waals surface area contributed by atoms with Gasteiger partial charge in [-0.05, 0) is 36.5 Å². The Balaban J connectivity index is 2.04. The fourth-order valence-corrected chi connectivity index (χ4v) is 2.33. The number of non-ortho nitro benzene ring substituents is 1. The van der Waals surface area contributed by atoms with Crippen LogP contribution in [0.25, 0.3) is 0 Å². The summed E-state index contributed by atoms with van der Waals surface area (Å²) in [6, 6.07) is 5.12. The van der Waals surface area contributed by atoms with Gasteiger partial charge in [-0.1, -0.05) is 0 Å². The van der Waals surface area contributed by atoms with Crippen LogP contribution in [0, 0.1) is 10.1 Å². The summed E-state index contributed by atoms with van der Waals surface area (Å²) in [6.45, 7) is 0. The topological polar surface area (TPSA) is 55.7 Å². The monoisotopic (exact) mass is 205 g/mol. The highest BCUT2D eigenvalue weighted by Crippen LogP contribution is 2.46. The number of aryl methyl sites for hydroxylation is 1. The number of nitro groups is 1. The molecule has 0 spiro atoms. The van der Waals surface area contributed by atoms with Crippen LogP contribution < -0.4 is 0 Å². The highest BCUT2D eigenvalue weighted by atomic mass is 16.6. The van der Waals surface area contributed by atoms with Gasteiger partial charge in [-0.25, -0.2) is 0 Å². The first kappa shape index (κ1) is 8.85. The van der Waals surface area contributed by atoms with Crippen LogP contribution in [0.4, 0.5) is 5.69 Å². The first-order valence-electron chi connectivity index (χ1n) is 5.18. The second-order valence-corrected chi connectivity index (χ2v) is 4.13. The minimum atomic E-state index is -0.337. The van der Waals surface area contributed by atoms with Gasteiger partial charge in [0.2, 0.25) is 0 Å². The zero-order valence-corrected chi connectivity index (χ0v) is 8.18. The van der Waals surface area contributed by atoms with Gasteiger partial charge in [0.25, 0.3) is 5.69 Å². The lowest BCUT2D eigenvalue weighted by Gasteiger charge is -2.04. The van der Waals surface area contributed by atoms with Gasteiger partial charge in [0.05, 0.1) is 11.0 Å². The highest BCUT2D eigenvalue weighted by molar-refractivity contribution is 5.43. The average molecular weight is 205 g/mol. The standard InChI is InChI=1S/C11H11NO3/c13-12(14)8-4-5-9-7(6-8)2-1-3-10-11(9)15-10/h4-6,10-11H,1-3H2/t10-,11+/m0/s1. The van der Waals surface area contributed by atoms with Crippen molar-refractivity contribution in [1.29, 1.82) is 0 Å². The Hall–Kier alpha value is -1.42. The maximum Gasteiger partial charge on any atom is 0.269 e. The Kier molecular flexibility index (Phi) is 1.79. The summed E-state index contributed by atoms with van der Waals surface area (Å²) in [5, 5.41) is 10.6. The number of ether oxygens (including phenoxy) is 1. The first-order valence-corrected chi connectivity index (χ1v) is 5.18. The Morgan fingerprint density at radius 1 is 1.47 bits per heavy atom. The number of benzene rings is 1. The van der Waals surface area contributed by atoms with Crippen molar-refractivity contribution in [1.82, 2.24) is 0 Å².